The van der Waals surface area contributed by atoms with E-state index < -0.39 is 41.4 Å². The highest BCUT2D eigenvalue weighted by atomic mass is 19.4. The van der Waals surface area contributed by atoms with Crippen LogP contribution in [0.5, 0.6) is 0 Å². The normalized spacial score (nSPS) is 29.8. The van der Waals surface area contributed by atoms with Crippen molar-refractivity contribution < 1.29 is 36.6 Å². The Hall–Kier alpha value is -3.53. The molecule has 0 spiro atoms. The number of carbonyl (C=O) groups is 2. The van der Waals surface area contributed by atoms with Gasteiger partial charge in [0.25, 0.3) is 0 Å². The van der Waals surface area contributed by atoms with Gasteiger partial charge in [-0.15, -0.1) is 0 Å². The first-order valence-electron chi connectivity index (χ1n) is 15.5. The molecule has 0 heterocycles. The Morgan fingerprint density at radius 1 is 0.911 bits per heavy atom. The van der Waals surface area contributed by atoms with E-state index in [2.05, 4.69) is 10.6 Å². The molecular weight excluding hydrogens is 591 g/mol. The number of halogens is 5. The molecule has 2 saturated carbocycles. The molecule has 2 unspecified atom stereocenters. The fraction of sp³-hybridized carbons (Fsp3) is 0.486. The number of carbonyl (C=O) groups excluding carboxylic acids is 2. The average molecular weight is 629 g/mol. The van der Waals surface area contributed by atoms with Gasteiger partial charge in [-0.3, -0.25) is 4.79 Å². The number of nitrogens with one attached hydrogen (secondary N) is 2. The van der Waals surface area contributed by atoms with Crippen molar-refractivity contribution in [2.75, 3.05) is 0 Å². The molecular formula is C35H37F5N2O3. The number of benzene rings is 2. The lowest BCUT2D eigenvalue weighted by Crippen LogP contribution is -2.65. The van der Waals surface area contributed by atoms with Crippen LogP contribution < -0.4 is 10.6 Å². The summed E-state index contributed by atoms with van der Waals surface area (Å²) >= 11 is 0. The first-order chi connectivity index (χ1) is 21.2. The molecule has 45 heavy (non-hydrogen) atoms. The van der Waals surface area contributed by atoms with Crippen molar-refractivity contribution in [2.24, 2.45) is 17.3 Å². The number of allylic oxidation sites excluding steroid dienone is 4. The minimum atomic E-state index is -5.89. The van der Waals surface area contributed by atoms with Crippen molar-refractivity contribution in [3.8, 4) is 0 Å². The molecule has 2 fully saturated rings. The second-order valence-corrected chi connectivity index (χ2v) is 13.2. The smallest absolute Gasteiger partial charge is 0.383 e. The summed E-state index contributed by atoms with van der Waals surface area (Å²) in [6.07, 6.45) is -2.93. The summed E-state index contributed by atoms with van der Waals surface area (Å²) < 4.78 is 71.7. The molecule has 240 valence electrons. The van der Waals surface area contributed by atoms with E-state index in [1.54, 1.807) is 6.08 Å². The number of rotatable bonds is 6. The van der Waals surface area contributed by atoms with E-state index in [0.717, 1.165) is 33.4 Å². The molecule has 0 aromatic heterocycles. The minimum absolute atomic E-state index is 0.0368. The largest absolute Gasteiger partial charge is 0.456 e. The van der Waals surface area contributed by atoms with Gasteiger partial charge >= 0.3 is 18.1 Å². The Morgan fingerprint density at radius 2 is 1.56 bits per heavy atom. The van der Waals surface area contributed by atoms with Crippen LogP contribution in [0, 0.1) is 17.3 Å². The maximum atomic E-state index is 15.2. The molecule has 0 bridgehead atoms. The molecule has 10 heteroatoms. The van der Waals surface area contributed by atoms with Crippen molar-refractivity contribution >= 4 is 11.8 Å². The number of hydrogen-bond donors (Lipinski definition) is 3. The molecule has 0 aliphatic heterocycles. The standard InChI is InChI=1S/C35H37F5N2O3/c1-32-18-28(23-9-7-22(8-10-23)20-42-31(44)41-19-21-5-3-2-4-6-21)30-26-14-12-25(43)17-24(26)11-13-27(30)29(32)15-16-33(32,45)34(36,37)35(38,39)40/h2-10,17,27-29,45H,11-16,18-20H2,1H3,(H2,41,42,44)/t27?,28-,29?,32+,33+/m1/s1. The van der Waals surface area contributed by atoms with Crippen LogP contribution in [0.25, 0.3) is 0 Å². The summed E-state index contributed by atoms with van der Waals surface area (Å²) in [4.78, 5) is 24.6. The van der Waals surface area contributed by atoms with Crippen LogP contribution in [0.4, 0.5) is 26.7 Å². The maximum Gasteiger partial charge on any atom is 0.456 e. The number of amides is 2. The molecule has 5 atom stereocenters. The number of ketones is 1. The molecule has 3 N–H and O–H groups in total. The summed E-state index contributed by atoms with van der Waals surface area (Å²) in [7, 11) is 0. The predicted octanol–water partition coefficient (Wildman–Crippen LogP) is 7.51. The number of hydrogen-bond acceptors (Lipinski definition) is 3. The van der Waals surface area contributed by atoms with Crippen LogP contribution in [-0.2, 0) is 17.9 Å². The summed E-state index contributed by atoms with van der Waals surface area (Å²) in [5, 5.41) is 17.0. The third-order valence-electron chi connectivity index (χ3n) is 10.9. The van der Waals surface area contributed by atoms with E-state index in [0.29, 0.717) is 32.2 Å². The monoisotopic (exact) mass is 628 g/mol. The molecule has 0 radical (unpaired) electrons. The molecule has 2 amide bonds. The van der Waals surface area contributed by atoms with Crippen LogP contribution in [-0.4, -0.2) is 34.6 Å². The Bertz CT molecular complexity index is 1530. The summed E-state index contributed by atoms with van der Waals surface area (Å²) in [6.45, 7) is 2.02. The minimum Gasteiger partial charge on any atom is -0.383 e. The fourth-order valence-electron chi connectivity index (χ4n) is 8.61. The third-order valence-corrected chi connectivity index (χ3v) is 10.9. The van der Waals surface area contributed by atoms with Gasteiger partial charge < -0.3 is 15.7 Å². The summed E-state index contributed by atoms with van der Waals surface area (Å²) in [6, 6.07) is 16.4. The van der Waals surface area contributed by atoms with E-state index in [1.165, 1.54) is 6.92 Å². The van der Waals surface area contributed by atoms with Gasteiger partial charge in [-0.05, 0) is 84.3 Å². The zero-order chi connectivity index (χ0) is 32.2. The van der Waals surface area contributed by atoms with Gasteiger partial charge in [-0.25, -0.2) is 4.79 Å². The zero-order valence-electron chi connectivity index (χ0n) is 25.0. The maximum absolute atomic E-state index is 15.2. The first kappa shape index (κ1) is 31.5. The molecule has 2 aromatic rings. The Morgan fingerprint density at radius 3 is 2.20 bits per heavy atom. The summed E-state index contributed by atoms with van der Waals surface area (Å²) in [5.74, 6) is -6.57. The van der Waals surface area contributed by atoms with Crippen molar-refractivity contribution in [3.63, 3.8) is 0 Å². The van der Waals surface area contributed by atoms with Gasteiger partial charge in [-0.1, -0.05) is 67.1 Å². The van der Waals surface area contributed by atoms with Crippen molar-refractivity contribution in [2.45, 2.75) is 88.6 Å². The van der Waals surface area contributed by atoms with Crippen LogP contribution in [0.3, 0.4) is 0 Å². The molecule has 5 nitrogen and oxygen atoms in total. The van der Waals surface area contributed by atoms with Crippen molar-refractivity contribution in [1.82, 2.24) is 10.6 Å². The van der Waals surface area contributed by atoms with Gasteiger partial charge in [0.05, 0.1) is 0 Å². The van der Waals surface area contributed by atoms with Crippen LogP contribution >= 0.6 is 0 Å². The highest BCUT2D eigenvalue weighted by molar-refractivity contribution is 5.93. The first-order valence-corrected chi connectivity index (χ1v) is 15.5. The number of alkyl halides is 5. The van der Waals surface area contributed by atoms with E-state index in [4.69, 9.17) is 0 Å². The molecule has 2 aromatic carbocycles. The van der Waals surface area contributed by atoms with Gasteiger partial charge in [-0.2, -0.15) is 22.0 Å². The van der Waals surface area contributed by atoms with Gasteiger partial charge in [0, 0.05) is 30.8 Å². The highest BCUT2D eigenvalue weighted by Crippen LogP contribution is 2.70. The third kappa shape index (κ3) is 5.28. The highest BCUT2D eigenvalue weighted by Gasteiger charge is 2.79. The van der Waals surface area contributed by atoms with Crippen molar-refractivity contribution in [1.29, 1.82) is 0 Å². The number of urea groups is 1. The number of aliphatic hydroxyl groups is 1. The molecule has 0 saturated heterocycles. The van der Waals surface area contributed by atoms with Gasteiger partial charge in [0.15, 0.2) is 5.78 Å². The van der Waals surface area contributed by atoms with Gasteiger partial charge in [0.1, 0.15) is 5.60 Å². The Balaban J connectivity index is 1.29. The quantitative estimate of drug-likeness (QED) is 0.290. The SMILES string of the molecule is C[C@]12C[C@H](c3ccc(CNC(=O)NCc4ccccc4)cc3)C3=C4CCC(=O)C=C4CCC3C1CC[C@@]2(O)C(F)(F)C(F)(F)F. The Kier molecular flexibility index (Phi) is 7.95. The lowest BCUT2D eigenvalue weighted by molar-refractivity contribution is -0.362. The fourth-order valence-corrected chi connectivity index (χ4v) is 8.61. The van der Waals surface area contributed by atoms with E-state index in [9.17, 15) is 27.9 Å². The lowest BCUT2D eigenvalue weighted by atomic mass is 9.50. The van der Waals surface area contributed by atoms with Gasteiger partial charge in [0.2, 0.25) is 0 Å². The second-order valence-electron chi connectivity index (χ2n) is 13.2. The van der Waals surface area contributed by atoms with Crippen LogP contribution in [0.2, 0.25) is 0 Å². The second kappa shape index (κ2) is 11.4. The predicted molar refractivity (Wildman–Crippen MR) is 158 cm³/mol. The average Bonchev–Trinajstić information content (AvgIpc) is 3.29. The summed E-state index contributed by atoms with van der Waals surface area (Å²) in [5.41, 5.74) is 0.534. The molecule has 4 aliphatic rings. The molecule has 4 aliphatic carbocycles. The number of fused-ring (bicyclic) bond motifs is 4. The van der Waals surface area contributed by atoms with Crippen molar-refractivity contribution in [3.05, 3.63) is 94.1 Å². The zero-order valence-corrected chi connectivity index (χ0v) is 25.0. The van der Waals surface area contributed by atoms with E-state index >= 15 is 8.78 Å². The van der Waals surface area contributed by atoms with E-state index in [-0.39, 0.29) is 37.1 Å². The Labute approximate surface area is 259 Å². The lowest BCUT2D eigenvalue weighted by Gasteiger charge is -2.56. The van der Waals surface area contributed by atoms with E-state index in [1.807, 2.05) is 54.6 Å². The van der Waals surface area contributed by atoms with Crippen LogP contribution in [0.15, 0.2) is 77.4 Å². The topological polar surface area (TPSA) is 78.4 Å². The van der Waals surface area contributed by atoms with Crippen LogP contribution in [0.1, 0.15) is 74.5 Å². The molecule has 6 rings (SSSR count).